The Labute approximate surface area is 198 Å². The smallest absolute Gasteiger partial charge is 0.337 e. The van der Waals surface area contributed by atoms with Gasteiger partial charge in [-0.05, 0) is 60.4 Å². The summed E-state index contributed by atoms with van der Waals surface area (Å²) in [6.07, 6.45) is 2.22. The van der Waals surface area contributed by atoms with Crippen LogP contribution < -0.4 is 10.2 Å². The molecule has 174 valence electrons. The van der Waals surface area contributed by atoms with Crippen molar-refractivity contribution in [2.45, 2.75) is 19.4 Å². The Morgan fingerprint density at radius 1 is 0.853 bits per heavy atom. The van der Waals surface area contributed by atoms with E-state index in [0.717, 1.165) is 31.5 Å². The van der Waals surface area contributed by atoms with Crippen molar-refractivity contribution in [2.75, 3.05) is 31.0 Å². The summed E-state index contributed by atoms with van der Waals surface area (Å²) in [5.41, 5.74) is 4.77. The van der Waals surface area contributed by atoms with Crippen LogP contribution in [-0.4, -0.2) is 38.6 Å². The second-order valence-electron chi connectivity index (χ2n) is 8.09. The van der Waals surface area contributed by atoms with E-state index in [9.17, 15) is 14.4 Å². The third kappa shape index (κ3) is 5.09. The summed E-state index contributed by atoms with van der Waals surface area (Å²) in [5, 5.41) is 2.75. The number of hydrogen-bond donors (Lipinski definition) is 1. The van der Waals surface area contributed by atoms with Gasteiger partial charge in [-0.3, -0.25) is 4.79 Å². The second-order valence-corrected chi connectivity index (χ2v) is 8.09. The lowest BCUT2D eigenvalue weighted by Crippen LogP contribution is -2.28. The fourth-order valence-corrected chi connectivity index (χ4v) is 4.13. The summed E-state index contributed by atoms with van der Waals surface area (Å²) in [4.78, 5) is 39.1. The van der Waals surface area contributed by atoms with E-state index in [4.69, 9.17) is 9.47 Å². The Morgan fingerprint density at radius 3 is 2.15 bits per heavy atom. The van der Waals surface area contributed by atoms with Crippen molar-refractivity contribution in [1.82, 2.24) is 0 Å². The predicted molar refractivity (Wildman–Crippen MR) is 129 cm³/mol. The van der Waals surface area contributed by atoms with Gasteiger partial charge in [0.2, 0.25) is 0 Å². The molecule has 1 heterocycles. The lowest BCUT2D eigenvalue weighted by Gasteiger charge is -2.31. The van der Waals surface area contributed by atoms with Crippen molar-refractivity contribution < 1.29 is 23.9 Å². The van der Waals surface area contributed by atoms with Gasteiger partial charge in [-0.25, -0.2) is 9.59 Å². The van der Waals surface area contributed by atoms with E-state index in [2.05, 4.69) is 34.5 Å². The monoisotopic (exact) mass is 458 g/mol. The minimum absolute atomic E-state index is 0.137. The zero-order chi connectivity index (χ0) is 24.1. The number of rotatable bonds is 6. The Bertz CT molecular complexity index is 1190. The molecule has 0 saturated carbocycles. The fraction of sp³-hybridized carbons (Fsp3) is 0.222. The van der Waals surface area contributed by atoms with Gasteiger partial charge in [-0.15, -0.1) is 0 Å². The van der Waals surface area contributed by atoms with Crippen LogP contribution in [0.15, 0.2) is 66.7 Å². The largest absolute Gasteiger partial charge is 0.465 e. The normalized spacial score (nSPS) is 12.5. The zero-order valence-corrected chi connectivity index (χ0v) is 19.2. The first-order valence-electron chi connectivity index (χ1n) is 11.0. The van der Waals surface area contributed by atoms with Gasteiger partial charge < -0.3 is 19.7 Å². The topological polar surface area (TPSA) is 84.9 Å². The molecule has 0 fully saturated rings. The van der Waals surface area contributed by atoms with Crippen LogP contribution in [0.25, 0.3) is 0 Å². The number of nitrogens with one attached hydrogen (secondary N) is 1. The molecule has 34 heavy (non-hydrogen) atoms. The SMILES string of the molecule is COC(=O)c1cc(NC(=O)c2ccc(CN3CCCc4ccccc43)cc2)cc(C(=O)OC)c1. The number of anilines is 2. The molecule has 0 radical (unpaired) electrons. The molecule has 0 atom stereocenters. The van der Waals surface area contributed by atoms with E-state index in [-0.39, 0.29) is 17.0 Å². The maximum absolute atomic E-state index is 12.8. The van der Waals surface area contributed by atoms with Crippen molar-refractivity contribution in [2.24, 2.45) is 0 Å². The molecule has 0 unspecified atom stereocenters. The highest BCUT2D eigenvalue weighted by Gasteiger charge is 2.18. The number of fused-ring (bicyclic) bond motifs is 1. The van der Waals surface area contributed by atoms with Crippen molar-refractivity contribution in [3.8, 4) is 0 Å². The highest BCUT2D eigenvalue weighted by atomic mass is 16.5. The third-order valence-electron chi connectivity index (χ3n) is 5.83. The number of benzene rings is 3. The van der Waals surface area contributed by atoms with Crippen LogP contribution in [0.4, 0.5) is 11.4 Å². The molecule has 1 aliphatic heterocycles. The second kappa shape index (κ2) is 10.2. The first kappa shape index (κ1) is 23.0. The number of aryl methyl sites for hydroxylation is 1. The van der Waals surface area contributed by atoms with E-state index in [1.54, 1.807) is 12.1 Å². The van der Waals surface area contributed by atoms with Crippen LogP contribution >= 0.6 is 0 Å². The minimum Gasteiger partial charge on any atom is -0.465 e. The molecular formula is C27H26N2O5. The van der Waals surface area contributed by atoms with E-state index >= 15 is 0 Å². The van der Waals surface area contributed by atoms with Crippen LogP contribution in [0.5, 0.6) is 0 Å². The summed E-state index contributed by atoms with van der Waals surface area (Å²) in [6.45, 7) is 1.76. The van der Waals surface area contributed by atoms with Gasteiger partial charge in [-0.2, -0.15) is 0 Å². The number of ether oxygens (including phenoxy) is 2. The predicted octanol–water partition coefficient (Wildman–Crippen LogP) is 4.46. The number of amides is 1. The first-order valence-corrected chi connectivity index (χ1v) is 11.0. The van der Waals surface area contributed by atoms with Crippen molar-refractivity contribution >= 4 is 29.2 Å². The molecule has 3 aromatic carbocycles. The van der Waals surface area contributed by atoms with Crippen molar-refractivity contribution in [1.29, 1.82) is 0 Å². The molecule has 0 spiro atoms. The summed E-state index contributed by atoms with van der Waals surface area (Å²) < 4.78 is 9.48. The zero-order valence-electron chi connectivity index (χ0n) is 19.2. The quantitative estimate of drug-likeness (QED) is 0.549. The average Bonchev–Trinajstić information content (AvgIpc) is 2.88. The van der Waals surface area contributed by atoms with Gasteiger partial charge in [0.15, 0.2) is 0 Å². The molecule has 4 rings (SSSR count). The Morgan fingerprint density at radius 2 is 1.50 bits per heavy atom. The van der Waals surface area contributed by atoms with Gasteiger partial charge >= 0.3 is 11.9 Å². The number of esters is 2. The van der Waals surface area contributed by atoms with Gasteiger partial charge in [0, 0.05) is 30.0 Å². The average molecular weight is 459 g/mol. The molecule has 7 heteroatoms. The lowest BCUT2D eigenvalue weighted by atomic mass is 10.0. The van der Waals surface area contributed by atoms with Gasteiger partial charge in [0.1, 0.15) is 0 Å². The van der Waals surface area contributed by atoms with Crippen LogP contribution in [0, 0.1) is 0 Å². The van der Waals surface area contributed by atoms with Gasteiger partial charge in [-0.1, -0.05) is 30.3 Å². The maximum atomic E-state index is 12.8. The number of methoxy groups -OCH3 is 2. The molecule has 0 bridgehead atoms. The molecule has 1 amide bonds. The molecule has 0 aliphatic carbocycles. The number of carbonyl (C=O) groups is 3. The van der Waals surface area contributed by atoms with E-state index in [1.807, 2.05) is 12.1 Å². The number of carbonyl (C=O) groups excluding carboxylic acids is 3. The summed E-state index contributed by atoms with van der Waals surface area (Å²) >= 11 is 0. The van der Waals surface area contributed by atoms with Crippen LogP contribution in [0.1, 0.15) is 48.6 Å². The number of hydrogen-bond acceptors (Lipinski definition) is 6. The van der Waals surface area contributed by atoms with E-state index in [1.165, 1.54) is 43.7 Å². The highest BCUT2D eigenvalue weighted by Crippen LogP contribution is 2.28. The van der Waals surface area contributed by atoms with E-state index < -0.39 is 11.9 Å². The van der Waals surface area contributed by atoms with Crippen LogP contribution in [-0.2, 0) is 22.4 Å². The highest BCUT2D eigenvalue weighted by molar-refractivity contribution is 6.06. The lowest BCUT2D eigenvalue weighted by molar-refractivity contribution is 0.0599. The third-order valence-corrected chi connectivity index (χ3v) is 5.83. The van der Waals surface area contributed by atoms with Crippen LogP contribution in [0.2, 0.25) is 0 Å². The van der Waals surface area contributed by atoms with Gasteiger partial charge in [0.25, 0.3) is 5.91 Å². The van der Waals surface area contributed by atoms with Crippen molar-refractivity contribution in [3.05, 3.63) is 94.5 Å². The summed E-state index contributed by atoms with van der Waals surface area (Å²) in [6, 6.07) is 20.2. The van der Waals surface area contributed by atoms with Crippen LogP contribution in [0.3, 0.4) is 0 Å². The first-order chi connectivity index (χ1) is 16.5. The maximum Gasteiger partial charge on any atom is 0.337 e. The Balaban J connectivity index is 1.48. The number of para-hydroxylation sites is 1. The summed E-state index contributed by atoms with van der Waals surface area (Å²) in [5.74, 6) is -1.59. The molecular weight excluding hydrogens is 432 g/mol. The standard InChI is InChI=1S/C27H26N2O5/c1-33-26(31)21-14-22(27(32)34-2)16-23(15-21)28-25(30)20-11-9-18(10-12-20)17-29-13-5-7-19-6-3-4-8-24(19)29/h3-4,6,8-12,14-16H,5,7,13,17H2,1-2H3,(H,28,30). The Kier molecular flexibility index (Phi) is 6.92. The summed E-state index contributed by atoms with van der Waals surface area (Å²) in [7, 11) is 2.49. The van der Waals surface area contributed by atoms with Gasteiger partial charge in [0.05, 0.1) is 25.3 Å². The van der Waals surface area contributed by atoms with Crippen molar-refractivity contribution in [3.63, 3.8) is 0 Å². The Hall–Kier alpha value is -4.13. The fourth-order valence-electron chi connectivity index (χ4n) is 4.13. The molecule has 0 aromatic heterocycles. The molecule has 3 aromatic rings. The minimum atomic E-state index is -0.620. The molecule has 0 saturated heterocycles. The molecule has 1 aliphatic rings. The van der Waals surface area contributed by atoms with E-state index in [0.29, 0.717) is 11.3 Å². The molecule has 1 N–H and O–H groups in total. The molecule has 7 nitrogen and oxygen atoms in total. The number of nitrogens with zero attached hydrogens (tertiary/aromatic N) is 1.